The van der Waals surface area contributed by atoms with Crippen molar-refractivity contribution in [3.63, 3.8) is 0 Å². The van der Waals surface area contributed by atoms with Crippen LogP contribution in [0.2, 0.25) is 0 Å². The summed E-state index contributed by atoms with van der Waals surface area (Å²) in [7, 11) is 0. The number of hydrogen-bond acceptors (Lipinski definition) is 5. The van der Waals surface area contributed by atoms with Crippen molar-refractivity contribution in [3.05, 3.63) is 168 Å². The summed E-state index contributed by atoms with van der Waals surface area (Å²) in [5.74, 6) is 0. The molecule has 5 aromatic heterocycles. The van der Waals surface area contributed by atoms with Gasteiger partial charge in [0.25, 0.3) is 0 Å². The third-order valence-corrected chi connectivity index (χ3v) is 9.29. The smallest absolute Gasteiger partial charge is 0.216 e. The summed E-state index contributed by atoms with van der Waals surface area (Å²) in [6, 6.07) is 47.4. The molecule has 9 aromatic rings. The van der Waals surface area contributed by atoms with Crippen LogP contribution >= 0.6 is 0 Å². The molecule has 0 aliphatic heterocycles. The first-order chi connectivity index (χ1) is 24.9. The van der Waals surface area contributed by atoms with Gasteiger partial charge in [0.2, 0.25) is 5.71 Å². The van der Waals surface area contributed by atoms with Crippen molar-refractivity contribution in [2.75, 3.05) is 0 Å². The first-order valence-electron chi connectivity index (χ1n) is 17.0. The number of rotatable bonds is 4. The average molecular weight is 851 g/mol. The van der Waals surface area contributed by atoms with Gasteiger partial charge in [-0.1, -0.05) is 59.5 Å². The maximum atomic E-state index is 6.22. The zero-order chi connectivity index (χ0) is 34.9. The van der Waals surface area contributed by atoms with Crippen LogP contribution in [0.4, 0.5) is 0 Å². The molecule has 255 valence electrons. The number of pyridine rings is 4. The Morgan fingerprint density at radius 1 is 0.577 bits per heavy atom. The van der Waals surface area contributed by atoms with Crippen LogP contribution in [0.5, 0.6) is 0 Å². The molecule has 5 nitrogen and oxygen atoms in total. The summed E-state index contributed by atoms with van der Waals surface area (Å²) in [6.07, 6.45) is 3.64. The molecule has 0 saturated carbocycles. The van der Waals surface area contributed by atoms with Crippen molar-refractivity contribution in [2.45, 2.75) is 27.7 Å². The second kappa shape index (κ2) is 14.8. The molecule has 0 amide bonds. The summed E-state index contributed by atoms with van der Waals surface area (Å²) in [5.41, 5.74) is 15.1. The van der Waals surface area contributed by atoms with Crippen molar-refractivity contribution in [1.82, 2.24) is 19.9 Å². The Labute approximate surface area is 316 Å². The van der Waals surface area contributed by atoms with E-state index in [0.717, 1.165) is 72.3 Å². The van der Waals surface area contributed by atoms with Gasteiger partial charge in [-0.15, -0.1) is 54.1 Å². The topological polar surface area (TPSA) is 64.7 Å². The molecule has 0 saturated heterocycles. The van der Waals surface area contributed by atoms with E-state index in [4.69, 9.17) is 14.4 Å². The van der Waals surface area contributed by atoms with Gasteiger partial charge in [-0.3, -0.25) is 0 Å². The Bertz CT molecular complexity index is 2630. The average Bonchev–Trinajstić information content (AvgIpc) is 3.54. The second-order valence-electron chi connectivity index (χ2n) is 12.7. The molecular weight excluding hydrogens is 817 g/mol. The molecule has 0 N–H and O–H groups in total. The molecule has 52 heavy (non-hydrogen) atoms. The van der Waals surface area contributed by atoms with E-state index < -0.39 is 0 Å². The fourth-order valence-electron chi connectivity index (χ4n) is 6.74. The fraction of sp³-hybridized carbons (Fsp3) is 0.0870. The van der Waals surface area contributed by atoms with Crippen molar-refractivity contribution in [3.8, 4) is 44.9 Å². The monoisotopic (exact) mass is 851 g/mol. The second-order valence-corrected chi connectivity index (χ2v) is 12.7. The van der Waals surface area contributed by atoms with E-state index in [-0.39, 0.29) is 20.1 Å². The van der Waals surface area contributed by atoms with Crippen LogP contribution in [0, 0.1) is 39.8 Å². The van der Waals surface area contributed by atoms with Gasteiger partial charge in [-0.25, -0.2) is 9.97 Å². The third-order valence-electron chi connectivity index (χ3n) is 9.29. The van der Waals surface area contributed by atoms with Gasteiger partial charge in [0.15, 0.2) is 0 Å². The van der Waals surface area contributed by atoms with Gasteiger partial charge in [0, 0.05) is 54.5 Å². The first kappa shape index (κ1) is 34.6. The number of nitrogens with zero attached hydrogens (tertiary/aromatic N) is 4. The predicted molar refractivity (Wildman–Crippen MR) is 207 cm³/mol. The van der Waals surface area contributed by atoms with E-state index in [1.54, 1.807) is 6.20 Å². The summed E-state index contributed by atoms with van der Waals surface area (Å²) >= 11 is 0. The Morgan fingerprint density at radius 2 is 1.38 bits per heavy atom. The third kappa shape index (κ3) is 6.67. The van der Waals surface area contributed by atoms with Crippen LogP contribution in [0.3, 0.4) is 0 Å². The maximum absolute atomic E-state index is 6.22. The van der Waals surface area contributed by atoms with Crippen molar-refractivity contribution >= 4 is 33.0 Å². The van der Waals surface area contributed by atoms with E-state index in [9.17, 15) is 0 Å². The number of aromatic nitrogens is 4. The number of fused-ring (bicyclic) bond motifs is 4. The fourth-order valence-corrected chi connectivity index (χ4v) is 6.74. The van der Waals surface area contributed by atoms with Crippen LogP contribution in [0.25, 0.3) is 77.9 Å². The molecule has 6 heteroatoms. The van der Waals surface area contributed by atoms with Crippen molar-refractivity contribution in [1.29, 1.82) is 0 Å². The molecular formula is C46H34IrN4O-2. The standard InChI is InChI=1S/C35H26N3O.C11H8N.Ir/c1-20-7-5-8-21(2)33(20)31-16-14-26-23(4)25(13-15-30(26)38-31)24-17-18-36-32(19-24)29-10-6-9-27-28-12-11-22(3)37-35(28)39-34(27)29;1-2-6-10(7-3-1)11-8-4-5-9-12-11;/h5-9,11-19H,1-4H3;1-6,8-9H;/q2*-1;. The van der Waals surface area contributed by atoms with Gasteiger partial charge in [-0.2, -0.15) is 0 Å². The quantitative estimate of drug-likeness (QED) is 0.165. The van der Waals surface area contributed by atoms with Gasteiger partial charge >= 0.3 is 0 Å². The SMILES string of the molecule is Cc1ccc2c(n1)oc1c(-c3cc(-c4ccc5nc(-c6c(C)cccc6C)ccc5c4C)ccn3)[c-]ccc12.[Ir].[c-]1ccccc1-c1ccccn1. The zero-order valence-corrected chi connectivity index (χ0v) is 31.6. The number of benzene rings is 4. The molecule has 0 unspecified atom stereocenters. The van der Waals surface area contributed by atoms with Crippen molar-refractivity contribution < 1.29 is 24.5 Å². The van der Waals surface area contributed by atoms with Gasteiger partial charge in [-0.05, 0) is 103 Å². The molecule has 0 atom stereocenters. The maximum Gasteiger partial charge on any atom is 0.216 e. The predicted octanol–water partition coefficient (Wildman–Crippen LogP) is 11.5. The number of furan rings is 1. The van der Waals surface area contributed by atoms with Crippen LogP contribution in [-0.2, 0) is 20.1 Å². The molecule has 5 heterocycles. The van der Waals surface area contributed by atoms with Gasteiger partial charge < -0.3 is 14.4 Å². The van der Waals surface area contributed by atoms with E-state index in [1.165, 1.54) is 22.3 Å². The minimum atomic E-state index is 0. The largest absolute Gasteiger partial charge is 0.486 e. The minimum Gasteiger partial charge on any atom is -0.486 e. The zero-order valence-electron chi connectivity index (χ0n) is 29.2. The van der Waals surface area contributed by atoms with Crippen LogP contribution < -0.4 is 0 Å². The molecule has 9 rings (SSSR count). The van der Waals surface area contributed by atoms with E-state index in [1.807, 2.05) is 73.8 Å². The minimum absolute atomic E-state index is 0. The molecule has 1 radical (unpaired) electrons. The molecule has 0 aliphatic carbocycles. The molecule has 4 aromatic carbocycles. The summed E-state index contributed by atoms with van der Waals surface area (Å²) in [6.45, 7) is 8.42. The Morgan fingerprint density at radius 3 is 2.17 bits per heavy atom. The Hall–Kier alpha value is -5.81. The molecule has 0 fully saturated rings. The van der Waals surface area contributed by atoms with Crippen LogP contribution in [0.1, 0.15) is 22.4 Å². The Kier molecular flexibility index (Phi) is 9.86. The first-order valence-corrected chi connectivity index (χ1v) is 17.0. The molecule has 0 bridgehead atoms. The summed E-state index contributed by atoms with van der Waals surface area (Å²) in [4.78, 5) is 18.6. The van der Waals surface area contributed by atoms with Crippen LogP contribution in [-0.4, -0.2) is 19.9 Å². The summed E-state index contributed by atoms with van der Waals surface area (Å²) < 4.78 is 6.22. The van der Waals surface area contributed by atoms with E-state index in [0.29, 0.717) is 5.71 Å². The Balaban J connectivity index is 0.000000275. The molecule has 0 aliphatic rings. The van der Waals surface area contributed by atoms with Crippen LogP contribution in [0.15, 0.2) is 138 Å². The van der Waals surface area contributed by atoms with E-state index in [2.05, 4.69) is 104 Å². The normalized spacial score (nSPS) is 10.9. The number of aryl methyl sites for hydroxylation is 4. The molecule has 0 spiro atoms. The van der Waals surface area contributed by atoms with Gasteiger partial charge in [0.05, 0.1) is 16.8 Å². The van der Waals surface area contributed by atoms with E-state index >= 15 is 0 Å². The van der Waals surface area contributed by atoms with Gasteiger partial charge in [0.1, 0.15) is 0 Å². The van der Waals surface area contributed by atoms with Crippen molar-refractivity contribution in [2.24, 2.45) is 0 Å². The number of hydrogen-bond donors (Lipinski definition) is 0. The summed E-state index contributed by atoms with van der Waals surface area (Å²) in [5, 5.41) is 3.17.